The fourth-order valence-corrected chi connectivity index (χ4v) is 6.65. The molecule has 0 bridgehead atoms. The number of nitrogens with zero attached hydrogens (tertiary/aromatic N) is 4. The van der Waals surface area contributed by atoms with Crippen molar-refractivity contribution in [2.45, 2.75) is 35.9 Å². The topological polar surface area (TPSA) is 188 Å². The molecule has 16 heteroatoms. The number of oxime groups is 1. The van der Waals surface area contributed by atoms with Gasteiger partial charge in [-0.15, -0.1) is 23.1 Å². The number of thiazole rings is 1. The highest BCUT2D eigenvalue weighted by Gasteiger charge is 2.54. The van der Waals surface area contributed by atoms with Crippen molar-refractivity contribution >= 4 is 69.5 Å². The molecule has 2 aromatic heterocycles. The van der Waals surface area contributed by atoms with Gasteiger partial charge in [-0.3, -0.25) is 14.5 Å². The molecule has 2 aliphatic rings. The number of carboxylic acid groups (broad SMARTS) is 2. The van der Waals surface area contributed by atoms with Gasteiger partial charge < -0.3 is 26.1 Å². The number of anilines is 1. The molecule has 0 unspecified atom stereocenters. The number of carbonyl (C=O) groups is 4. The van der Waals surface area contributed by atoms with E-state index < -0.39 is 40.8 Å². The second kappa shape index (κ2) is 11.2. The van der Waals surface area contributed by atoms with Gasteiger partial charge in [-0.05, 0) is 25.5 Å². The molecule has 4 rings (SSSR count). The number of nitrogen functional groups attached to an aromatic ring is 1. The molecule has 2 atom stereocenters. The van der Waals surface area contributed by atoms with Gasteiger partial charge in [0.25, 0.3) is 11.8 Å². The first-order chi connectivity index (χ1) is 18.4. The van der Waals surface area contributed by atoms with Crippen LogP contribution in [-0.4, -0.2) is 78.1 Å². The third kappa shape index (κ3) is 5.86. The van der Waals surface area contributed by atoms with E-state index in [1.165, 1.54) is 47.7 Å². The van der Waals surface area contributed by atoms with Gasteiger partial charge in [0.1, 0.15) is 29.9 Å². The molecule has 0 aromatic carbocycles. The van der Waals surface area contributed by atoms with E-state index in [9.17, 15) is 29.4 Å². The lowest BCUT2D eigenvalue weighted by molar-refractivity contribution is -0.708. The predicted octanol–water partition coefficient (Wildman–Crippen LogP) is 0.665. The predicted molar refractivity (Wildman–Crippen MR) is 144 cm³/mol. The van der Waals surface area contributed by atoms with E-state index in [1.807, 2.05) is 36.0 Å². The number of carboxylic acids is 2. The number of β-lactam (4-membered cyclic amide) rings is 1. The van der Waals surface area contributed by atoms with E-state index in [-0.39, 0.29) is 22.2 Å². The highest BCUT2D eigenvalue weighted by atomic mass is 32.2. The van der Waals surface area contributed by atoms with Crippen molar-refractivity contribution in [3.8, 4) is 0 Å². The van der Waals surface area contributed by atoms with Crippen molar-refractivity contribution in [2.75, 3.05) is 17.2 Å². The summed E-state index contributed by atoms with van der Waals surface area (Å²) in [7, 11) is 1.89. The van der Waals surface area contributed by atoms with Crippen LogP contribution in [0.15, 0.2) is 51.2 Å². The van der Waals surface area contributed by atoms with Gasteiger partial charge >= 0.3 is 11.9 Å². The molecule has 4 heterocycles. The largest absolute Gasteiger partial charge is 0.478 e. The number of aliphatic carboxylic acids is 2. The van der Waals surface area contributed by atoms with Crippen molar-refractivity contribution in [3.05, 3.63) is 46.7 Å². The fourth-order valence-electron chi connectivity index (χ4n) is 3.62. The molecule has 1 saturated heterocycles. The first-order valence-electron chi connectivity index (χ1n) is 11.4. The highest BCUT2D eigenvalue weighted by Crippen LogP contribution is 2.41. The Morgan fingerprint density at radius 1 is 1.36 bits per heavy atom. The van der Waals surface area contributed by atoms with Gasteiger partial charge in [0.15, 0.2) is 17.0 Å². The van der Waals surface area contributed by atoms with Gasteiger partial charge in [0, 0.05) is 29.0 Å². The minimum atomic E-state index is -1.75. The Morgan fingerprint density at radius 2 is 2.10 bits per heavy atom. The Balaban J connectivity index is 1.52. The summed E-state index contributed by atoms with van der Waals surface area (Å²) in [6.07, 6.45) is 1.89. The molecule has 0 radical (unpaired) electrons. The van der Waals surface area contributed by atoms with Crippen LogP contribution in [0.1, 0.15) is 19.5 Å². The molecule has 0 saturated carbocycles. The molecule has 0 spiro atoms. The van der Waals surface area contributed by atoms with E-state index in [4.69, 9.17) is 10.6 Å². The van der Waals surface area contributed by atoms with E-state index in [0.717, 1.165) is 16.4 Å². The van der Waals surface area contributed by atoms with E-state index in [1.54, 1.807) is 0 Å². The van der Waals surface area contributed by atoms with Gasteiger partial charge in [0.05, 0.1) is 0 Å². The monoisotopic (exact) mass is 593 g/mol. The zero-order valence-corrected chi connectivity index (χ0v) is 23.4. The summed E-state index contributed by atoms with van der Waals surface area (Å²) in [6.45, 7) is 2.51. The van der Waals surface area contributed by atoms with E-state index in [2.05, 4.69) is 15.5 Å². The van der Waals surface area contributed by atoms with Crippen LogP contribution < -0.4 is 15.6 Å². The summed E-state index contributed by atoms with van der Waals surface area (Å²) in [4.78, 5) is 60.1. The smallest absolute Gasteiger partial charge is 0.352 e. The van der Waals surface area contributed by atoms with Gasteiger partial charge in [0.2, 0.25) is 10.6 Å². The fraction of sp³-hybridized carbons (Fsp3) is 0.348. The average Bonchev–Trinajstić information content (AvgIpc) is 3.31. The Kier molecular flexibility index (Phi) is 8.17. The lowest BCUT2D eigenvalue weighted by Gasteiger charge is -2.49. The molecule has 0 aliphatic carbocycles. The number of nitrogens with one attached hydrogen (secondary N) is 1. The number of carbonyl (C=O) groups excluding carboxylic acids is 2. The molecule has 2 aliphatic heterocycles. The van der Waals surface area contributed by atoms with Gasteiger partial charge in [-0.2, -0.15) is 4.57 Å². The second-order valence-electron chi connectivity index (χ2n) is 8.97. The number of rotatable bonds is 10. The van der Waals surface area contributed by atoms with Gasteiger partial charge in [-0.1, -0.05) is 16.9 Å². The quantitative estimate of drug-likeness (QED) is 0.0996. The van der Waals surface area contributed by atoms with Crippen LogP contribution in [-0.2, 0) is 31.1 Å². The SMILES string of the molecule is C[n+]1ccccc1SCC1=C(C(=O)O)N2C(=O)[C@@H](NC(=O)C(=NOC(C)(C)C(=O)O)c3csc(N)n3)[C@H]2SC1. The number of hydrogen-bond donors (Lipinski definition) is 4. The normalized spacial score (nSPS) is 19.3. The van der Waals surface area contributed by atoms with Crippen LogP contribution in [0.2, 0.25) is 0 Å². The number of hydrogen-bond acceptors (Lipinski definition) is 11. The van der Waals surface area contributed by atoms with Crippen LogP contribution in [0.25, 0.3) is 0 Å². The molecule has 206 valence electrons. The van der Waals surface area contributed by atoms with Crippen molar-refractivity contribution in [2.24, 2.45) is 12.2 Å². The number of pyridine rings is 1. The number of amides is 2. The molecular weight excluding hydrogens is 568 g/mol. The van der Waals surface area contributed by atoms with Crippen molar-refractivity contribution in [1.29, 1.82) is 0 Å². The standard InChI is InChI=1S/C23H24N6O7S3/c1-23(2,21(34)35)36-27-14(12-10-39-22(24)25-12)17(30)26-15-18(31)29-16(20(32)33)11(9-38-19(15)29)8-37-13-6-4-5-7-28(13)3/h4-7,10,15,19H,8-9H2,1-3H3,(H4-,24,25,26,30,32,33,34,35)/p+1/t15-,19-/m1/s1. The maximum absolute atomic E-state index is 13.2. The first-order valence-corrected chi connectivity index (χ1v) is 14.3. The number of nitrogens with two attached hydrogens (primary N) is 1. The lowest BCUT2D eigenvalue weighted by atomic mass is 10.0. The number of thioether (sulfide) groups is 2. The molecule has 39 heavy (non-hydrogen) atoms. The third-order valence-electron chi connectivity index (χ3n) is 5.80. The zero-order chi connectivity index (χ0) is 28.5. The second-order valence-corrected chi connectivity index (χ2v) is 12.0. The maximum Gasteiger partial charge on any atom is 0.352 e. The Labute approximate surface area is 235 Å². The summed E-state index contributed by atoms with van der Waals surface area (Å²) in [5.74, 6) is -3.25. The van der Waals surface area contributed by atoms with Crippen LogP contribution >= 0.6 is 34.9 Å². The molecule has 2 amide bonds. The third-order valence-corrected chi connectivity index (χ3v) is 9.02. The maximum atomic E-state index is 13.2. The number of aromatic nitrogens is 2. The van der Waals surface area contributed by atoms with Crippen LogP contribution in [0.5, 0.6) is 0 Å². The van der Waals surface area contributed by atoms with Crippen LogP contribution in [0.4, 0.5) is 5.13 Å². The molecule has 1 fully saturated rings. The van der Waals surface area contributed by atoms with E-state index >= 15 is 0 Å². The molecule has 2 aromatic rings. The summed E-state index contributed by atoms with van der Waals surface area (Å²) >= 11 is 3.83. The minimum Gasteiger partial charge on any atom is -0.478 e. The van der Waals surface area contributed by atoms with E-state index in [0.29, 0.717) is 17.1 Å². The minimum absolute atomic E-state index is 0.0376. The summed E-state index contributed by atoms with van der Waals surface area (Å²) in [6, 6.07) is 4.66. The Morgan fingerprint density at radius 3 is 2.72 bits per heavy atom. The number of aryl methyl sites for hydroxylation is 1. The average molecular weight is 594 g/mol. The summed E-state index contributed by atoms with van der Waals surface area (Å²) in [5.41, 5.74) is 4.11. The number of fused-ring (bicyclic) bond motifs is 1. The zero-order valence-electron chi connectivity index (χ0n) is 21.0. The van der Waals surface area contributed by atoms with Crippen molar-refractivity contribution < 1.29 is 38.8 Å². The first kappa shape index (κ1) is 28.4. The van der Waals surface area contributed by atoms with Crippen LogP contribution in [0.3, 0.4) is 0 Å². The summed E-state index contributed by atoms with van der Waals surface area (Å²) < 4.78 is 1.92. The van der Waals surface area contributed by atoms with Gasteiger partial charge in [-0.25, -0.2) is 14.6 Å². The summed E-state index contributed by atoms with van der Waals surface area (Å²) in [5, 5.41) is 27.4. The highest BCUT2D eigenvalue weighted by molar-refractivity contribution is 8.01. The molecular formula is C23H25N6O7S3+. The van der Waals surface area contributed by atoms with Crippen molar-refractivity contribution in [3.63, 3.8) is 0 Å². The Hall–Kier alpha value is -3.63. The van der Waals surface area contributed by atoms with Crippen LogP contribution in [0, 0.1) is 0 Å². The molecule has 5 N–H and O–H groups in total. The Bertz CT molecular complexity index is 1410. The van der Waals surface area contributed by atoms with Crippen molar-refractivity contribution in [1.82, 2.24) is 15.2 Å². The molecule has 13 nitrogen and oxygen atoms in total. The lowest BCUT2D eigenvalue weighted by Crippen LogP contribution is -2.71.